The Bertz CT molecular complexity index is 336. The maximum Gasteiger partial charge on any atom is 0.309 e. The predicted octanol–water partition coefficient (Wildman–Crippen LogP) is 2.05. The maximum atomic E-state index is 11.6. The van der Waals surface area contributed by atoms with Crippen molar-refractivity contribution in [3.63, 3.8) is 0 Å². The highest BCUT2D eigenvalue weighted by Gasteiger charge is 2.40. The molecule has 0 aromatic heterocycles. The standard InChI is InChI=1S/C10H15N3O3/c1-6-4-3-5-7(9(14)12-13-11)8(6)10(15)16-2/h6-8H,3-5H2,1-2H3/t6-,7-,8+/m1/s1. The van der Waals surface area contributed by atoms with Crippen LogP contribution in [0.4, 0.5) is 0 Å². The first kappa shape index (κ1) is 12.5. The van der Waals surface area contributed by atoms with Gasteiger partial charge >= 0.3 is 5.97 Å². The first-order valence-electron chi connectivity index (χ1n) is 5.28. The Morgan fingerprint density at radius 3 is 2.69 bits per heavy atom. The molecule has 3 atom stereocenters. The summed E-state index contributed by atoms with van der Waals surface area (Å²) in [7, 11) is 1.30. The number of azide groups is 1. The van der Waals surface area contributed by atoms with Gasteiger partial charge in [0.25, 0.3) is 0 Å². The highest BCUT2D eigenvalue weighted by Crippen LogP contribution is 2.36. The highest BCUT2D eigenvalue weighted by atomic mass is 16.5. The summed E-state index contributed by atoms with van der Waals surface area (Å²) < 4.78 is 4.69. The summed E-state index contributed by atoms with van der Waals surface area (Å²) in [6.45, 7) is 1.91. The lowest BCUT2D eigenvalue weighted by Crippen LogP contribution is -2.37. The first-order valence-corrected chi connectivity index (χ1v) is 5.28. The zero-order valence-corrected chi connectivity index (χ0v) is 9.42. The number of hydrogen-bond donors (Lipinski definition) is 0. The van der Waals surface area contributed by atoms with Gasteiger partial charge in [-0.25, -0.2) is 0 Å². The largest absolute Gasteiger partial charge is 0.469 e. The van der Waals surface area contributed by atoms with Crippen LogP contribution in [-0.4, -0.2) is 19.0 Å². The molecule has 1 fully saturated rings. The summed E-state index contributed by atoms with van der Waals surface area (Å²) in [5, 5.41) is 3.08. The molecule has 16 heavy (non-hydrogen) atoms. The Morgan fingerprint density at radius 2 is 2.12 bits per heavy atom. The minimum absolute atomic E-state index is 0.0871. The summed E-state index contributed by atoms with van der Waals surface area (Å²) in [5.74, 6) is -1.85. The second-order valence-corrected chi connectivity index (χ2v) is 4.09. The highest BCUT2D eigenvalue weighted by molar-refractivity contribution is 5.86. The molecule has 1 amide bonds. The molecule has 1 aliphatic carbocycles. The van der Waals surface area contributed by atoms with Gasteiger partial charge in [-0.1, -0.05) is 13.3 Å². The Balaban J connectivity index is 2.90. The monoisotopic (exact) mass is 225 g/mol. The zero-order chi connectivity index (χ0) is 12.1. The fourth-order valence-electron chi connectivity index (χ4n) is 2.34. The molecule has 1 saturated carbocycles. The van der Waals surface area contributed by atoms with E-state index in [2.05, 4.69) is 10.0 Å². The number of carbonyl (C=O) groups is 2. The quantitative estimate of drug-likeness (QED) is 0.311. The van der Waals surface area contributed by atoms with Crippen molar-refractivity contribution in [1.82, 2.24) is 0 Å². The fourth-order valence-corrected chi connectivity index (χ4v) is 2.34. The van der Waals surface area contributed by atoms with Crippen molar-refractivity contribution in [3.8, 4) is 0 Å². The number of methoxy groups -OCH3 is 1. The van der Waals surface area contributed by atoms with Crippen LogP contribution < -0.4 is 0 Å². The normalized spacial score (nSPS) is 29.0. The average Bonchev–Trinajstić information content (AvgIpc) is 2.28. The predicted molar refractivity (Wildman–Crippen MR) is 56.2 cm³/mol. The number of esters is 1. The molecule has 1 aliphatic rings. The molecule has 1 rings (SSSR count). The van der Waals surface area contributed by atoms with E-state index < -0.39 is 23.7 Å². The molecule has 0 heterocycles. The Labute approximate surface area is 93.6 Å². The van der Waals surface area contributed by atoms with Crippen molar-refractivity contribution < 1.29 is 14.3 Å². The van der Waals surface area contributed by atoms with Gasteiger partial charge in [0, 0.05) is 10.8 Å². The van der Waals surface area contributed by atoms with E-state index in [-0.39, 0.29) is 5.92 Å². The number of rotatable bonds is 2. The molecule has 0 N–H and O–H groups in total. The Hall–Kier alpha value is -1.55. The van der Waals surface area contributed by atoms with Crippen molar-refractivity contribution in [1.29, 1.82) is 0 Å². The Kier molecular flexibility index (Phi) is 4.31. The molecule has 6 heteroatoms. The second kappa shape index (κ2) is 5.51. The van der Waals surface area contributed by atoms with Gasteiger partial charge in [0.1, 0.15) is 0 Å². The van der Waals surface area contributed by atoms with Crippen molar-refractivity contribution in [2.75, 3.05) is 7.11 Å². The van der Waals surface area contributed by atoms with E-state index in [1.165, 1.54) is 7.11 Å². The number of ether oxygens (including phenoxy) is 1. The van der Waals surface area contributed by atoms with Crippen LogP contribution in [0.3, 0.4) is 0 Å². The number of hydrogen-bond acceptors (Lipinski definition) is 3. The van der Waals surface area contributed by atoms with Crippen molar-refractivity contribution >= 4 is 11.9 Å². The third-order valence-corrected chi connectivity index (χ3v) is 3.15. The van der Waals surface area contributed by atoms with Crippen LogP contribution in [0.2, 0.25) is 0 Å². The molecule has 0 aliphatic heterocycles. The second-order valence-electron chi connectivity index (χ2n) is 4.09. The molecule has 0 bridgehead atoms. The van der Waals surface area contributed by atoms with Crippen molar-refractivity contribution in [3.05, 3.63) is 10.4 Å². The summed E-state index contributed by atoms with van der Waals surface area (Å²) in [5.41, 5.74) is 8.24. The number of carbonyl (C=O) groups excluding carboxylic acids is 2. The van der Waals surface area contributed by atoms with Crippen LogP contribution in [0, 0.1) is 17.8 Å². The van der Waals surface area contributed by atoms with Crippen LogP contribution >= 0.6 is 0 Å². The smallest absolute Gasteiger partial charge is 0.309 e. The van der Waals surface area contributed by atoms with Gasteiger partial charge in [0.05, 0.1) is 13.0 Å². The van der Waals surface area contributed by atoms with Gasteiger partial charge < -0.3 is 4.74 Å². The molecule has 6 nitrogen and oxygen atoms in total. The van der Waals surface area contributed by atoms with Gasteiger partial charge in [-0.3, -0.25) is 9.59 Å². The Morgan fingerprint density at radius 1 is 1.44 bits per heavy atom. The zero-order valence-electron chi connectivity index (χ0n) is 9.42. The SMILES string of the molecule is COC(=O)[C@H]1[C@H](C)CCC[C@H]1C(=O)N=[N+]=[N-]. The van der Waals surface area contributed by atoms with Crippen LogP contribution in [0.5, 0.6) is 0 Å². The number of nitrogens with zero attached hydrogens (tertiary/aromatic N) is 3. The van der Waals surface area contributed by atoms with E-state index >= 15 is 0 Å². The van der Waals surface area contributed by atoms with E-state index in [4.69, 9.17) is 10.3 Å². The summed E-state index contributed by atoms with van der Waals surface area (Å²) in [4.78, 5) is 25.6. The van der Waals surface area contributed by atoms with E-state index in [0.29, 0.717) is 6.42 Å². The topological polar surface area (TPSA) is 92.1 Å². The van der Waals surface area contributed by atoms with Crippen LogP contribution in [0.25, 0.3) is 10.4 Å². The van der Waals surface area contributed by atoms with E-state index in [1.807, 2.05) is 6.92 Å². The van der Waals surface area contributed by atoms with Crippen molar-refractivity contribution in [2.45, 2.75) is 26.2 Å². The van der Waals surface area contributed by atoms with Crippen LogP contribution in [0.1, 0.15) is 26.2 Å². The lowest BCUT2D eigenvalue weighted by atomic mass is 9.72. The van der Waals surface area contributed by atoms with E-state index in [9.17, 15) is 9.59 Å². The molecule has 0 saturated heterocycles. The van der Waals surface area contributed by atoms with Gasteiger partial charge in [-0.05, 0) is 29.4 Å². The first-order chi connectivity index (χ1) is 7.61. The molecule has 0 aromatic rings. The third kappa shape index (κ3) is 2.52. The van der Waals surface area contributed by atoms with Gasteiger partial charge in [-0.2, -0.15) is 0 Å². The average molecular weight is 225 g/mol. The van der Waals surface area contributed by atoms with E-state index in [0.717, 1.165) is 12.8 Å². The molecule has 0 spiro atoms. The van der Waals surface area contributed by atoms with Gasteiger partial charge in [-0.15, -0.1) is 0 Å². The maximum absolute atomic E-state index is 11.6. The third-order valence-electron chi connectivity index (χ3n) is 3.15. The summed E-state index contributed by atoms with van der Waals surface area (Å²) in [6, 6.07) is 0. The molecule has 0 radical (unpaired) electrons. The lowest BCUT2D eigenvalue weighted by Gasteiger charge is -2.32. The van der Waals surface area contributed by atoms with Crippen LogP contribution in [0.15, 0.2) is 5.11 Å². The number of amides is 1. The molecule has 0 aromatic carbocycles. The van der Waals surface area contributed by atoms with Gasteiger partial charge in [0.15, 0.2) is 0 Å². The summed E-state index contributed by atoms with van der Waals surface area (Å²) in [6.07, 6.45) is 2.34. The van der Waals surface area contributed by atoms with Crippen molar-refractivity contribution in [2.24, 2.45) is 22.9 Å². The van der Waals surface area contributed by atoms with Gasteiger partial charge in [0.2, 0.25) is 5.91 Å². The molecule has 0 unspecified atom stereocenters. The molecule has 88 valence electrons. The minimum Gasteiger partial charge on any atom is -0.469 e. The molecular formula is C10H15N3O3. The lowest BCUT2D eigenvalue weighted by molar-refractivity contribution is -0.153. The van der Waals surface area contributed by atoms with Crippen LogP contribution in [-0.2, 0) is 14.3 Å². The van der Waals surface area contributed by atoms with E-state index in [1.54, 1.807) is 0 Å². The fraction of sp³-hybridized carbons (Fsp3) is 0.800. The molecular weight excluding hydrogens is 210 g/mol. The summed E-state index contributed by atoms with van der Waals surface area (Å²) >= 11 is 0. The minimum atomic E-state index is -0.551.